The third-order valence-corrected chi connectivity index (χ3v) is 5.00. The van der Waals surface area contributed by atoms with E-state index in [4.69, 9.17) is 18.9 Å². The van der Waals surface area contributed by atoms with Crippen molar-refractivity contribution < 1.29 is 28.5 Å². The lowest BCUT2D eigenvalue weighted by molar-refractivity contribution is -0.126. The number of nitrogens with zero attached hydrogens (tertiary/aromatic N) is 1. The van der Waals surface area contributed by atoms with E-state index in [-0.39, 0.29) is 29.0 Å². The summed E-state index contributed by atoms with van der Waals surface area (Å²) in [7, 11) is 4.37. The van der Waals surface area contributed by atoms with Crippen molar-refractivity contribution >= 4 is 17.6 Å². The van der Waals surface area contributed by atoms with Crippen LogP contribution in [0.2, 0.25) is 0 Å². The molecule has 0 unspecified atom stereocenters. The van der Waals surface area contributed by atoms with Crippen LogP contribution in [0.15, 0.2) is 36.4 Å². The summed E-state index contributed by atoms with van der Waals surface area (Å²) < 4.78 is 21.3. The van der Waals surface area contributed by atoms with Crippen molar-refractivity contribution in [1.82, 2.24) is 0 Å². The number of carbonyl (C=O) groups excluding carboxylic acids is 2. The number of esters is 1. The molecule has 154 valence electrons. The summed E-state index contributed by atoms with van der Waals surface area (Å²) in [5, 5.41) is 0. The van der Waals surface area contributed by atoms with Crippen LogP contribution in [0.5, 0.6) is 17.2 Å². The predicted molar refractivity (Wildman–Crippen MR) is 108 cm³/mol. The summed E-state index contributed by atoms with van der Waals surface area (Å²) in [4.78, 5) is 27.5. The van der Waals surface area contributed by atoms with Crippen molar-refractivity contribution in [2.45, 2.75) is 32.4 Å². The summed E-state index contributed by atoms with van der Waals surface area (Å²) in [6, 6.07) is 10.9. The van der Waals surface area contributed by atoms with Crippen LogP contribution in [-0.2, 0) is 16.0 Å². The molecule has 1 aliphatic heterocycles. The fraction of sp³-hybridized carbons (Fsp3) is 0.364. The third kappa shape index (κ3) is 3.72. The molecule has 7 heteroatoms. The lowest BCUT2D eigenvalue weighted by Gasteiger charge is -2.26. The van der Waals surface area contributed by atoms with E-state index in [1.807, 2.05) is 31.2 Å². The molecule has 2 aromatic carbocycles. The number of methoxy groups -OCH3 is 3. The maximum Gasteiger partial charge on any atom is 0.342 e. The number of rotatable bonds is 6. The number of amides is 1. The molecule has 0 aromatic heterocycles. The maximum absolute atomic E-state index is 13.0. The normalized spacial score (nSPS) is 16.0. The van der Waals surface area contributed by atoms with Crippen molar-refractivity contribution in [2.75, 3.05) is 26.2 Å². The fourth-order valence-electron chi connectivity index (χ4n) is 3.63. The average molecular weight is 399 g/mol. The summed E-state index contributed by atoms with van der Waals surface area (Å²) >= 11 is 0. The van der Waals surface area contributed by atoms with Gasteiger partial charge in [0.2, 0.25) is 5.75 Å². The molecule has 0 spiro atoms. The molecule has 1 amide bonds. The molecule has 0 bridgehead atoms. The molecule has 0 saturated carbocycles. The van der Waals surface area contributed by atoms with E-state index in [0.29, 0.717) is 5.75 Å². The monoisotopic (exact) mass is 399 g/mol. The van der Waals surface area contributed by atoms with Gasteiger partial charge in [0.25, 0.3) is 5.91 Å². The van der Waals surface area contributed by atoms with Gasteiger partial charge in [-0.1, -0.05) is 18.2 Å². The topological polar surface area (TPSA) is 74.3 Å². The highest BCUT2D eigenvalue weighted by Gasteiger charge is 2.35. The first kappa shape index (κ1) is 20.5. The Morgan fingerprint density at radius 2 is 1.69 bits per heavy atom. The molecule has 29 heavy (non-hydrogen) atoms. The zero-order chi connectivity index (χ0) is 21.1. The largest absolute Gasteiger partial charge is 0.493 e. The minimum absolute atomic E-state index is 0.00308. The van der Waals surface area contributed by atoms with Gasteiger partial charge < -0.3 is 23.8 Å². The maximum atomic E-state index is 13.0. The van der Waals surface area contributed by atoms with Gasteiger partial charge in [-0.3, -0.25) is 4.79 Å². The van der Waals surface area contributed by atoms with Crippen molar-refractivity contribution in [3.05, 3.63) is 47.5 Å². The SMILES string of the molecule is COc1ccc(C(=O)O[C@@H](C)C(=O)N2c3ccccc3C[C@H]2C)c(OC)c1OC. The highest BCUT2D eigenvalue weighted by Crippen LogP contribution is 2.40. The van der Waals surface area contributed by atoms with E-state index in [9.17, 15) is 9.59 Å². The van der Waals surface area contributed by atoms with E-state index in [1.165, 1.54) is 27.4 Å². The van der Waals surface area contributed by atoms with Gasteiger partial charge in [-0.15, -0.1) is 0 Å². The van der Waals surface area contributed by atoms with Crippen molar-refractivity contribution in [2.24, 2.45) is 0 Å². The number of hydrogen-bond acceptors (Lipinski definition) is 6. The smallest absolute Gasteiger partial charge is 0.342 e. The molecule has 1 heterocycles. The molecule has 0 aliphatic carbocycles. The minimum Gasteiger partial charge on any atom is -0.493 e. The summed E-state index contributed by atoms with van der Waals surface area (Å²) in [6.07, 6.45) is -0.194. The second kappa shape index (κ2) is 8.43. The van der Waals surface area contributed by atoms with E-state index in [1.54, 1.807) is 17.9 Å². The Hall–Kier alpha value is -3.22. The van der Waals surface area contributed by atoms with Crippen molar-refractivity contribution in [3.8, 4) is 17.2 Å². The zero-order valence-corrected chi connectivity index (χ0v) is 17.2. The molecule has 0 saturated heterocycles. The van der Waals surface area contributed by atoms with Crippen LogP contribution in [-0.4, -0.2) is 45.4 Å². The first-order chi connectivity index (χ1) is 13.9. The highest BCUT2D eigenvalue weighted by molar-refractivity contribution is 6.01. The van der Waals surface area contributed by atoms with E-state index in [2.05, 4.69) is 0 Å². The van der Waals surface area contributed by atoms with Crippen molar-refractivity contribution in [1.29, 1.82) is 0 Å². The van der Waals surface area contributed by atoms with E-state index < -0.39 is 12.1 Å². The van der Waals surface area contributed by atoms with Crippen LogP contribution >= 0.6 is 0 Å². The fourth-order valence-corrected chi connectivity index (χ4v) is 3.63. The van der Waals surface area contributed by atoms with Crippen LogP contribution in [0.3, 0.4) is 0 Å². The molecule has 3 rings (SSSR count). The Labute approximate surface area is 170 Å². The van der Waals surface area contributed by atoms with Gasteiger partial charge in [-0.05, 0) is 44.0 Å². The Morgan fingerprint density at radius 1 is 1.00 bits per heavy atom. The van der Waals surface area contributed by atoms with Crippen LogP contribution < -0.4 is 19.1 Å². The Balaban J connectivity index is 1.82. The molecular weight excluding hydrogens is 374 g/mol. The summed E-state index contributed by atoms with van der Waals surface area (Å²) in [5.41, 5.74) is 2.12. The number of benzene rings is 2. The van der Waals surface area contributed by atoms with E-state index >= 15 is 0 Å². The van der Waals surface area contributed by atoms with Gasteiger partial charge >= 0.3 is 5.97 Å². The van der Waals surface area contributed by atoms with Gasteiger partial charge in [0.05, 0.1) is 21.3 Å². The minimum atomic E-state index is -0.964. The molecule has 0 fully saturated rings. The van der Waals surface area contributed by atoms with Gasteiger partial charge in [0.15, 0.2) is 17.6 Å². The van der Waals surface area contributed by atoms with Gasteiger partial charge in [0.1, 0.15) is 5.56 Å². The molecule has 1 aliphatic rings. The number of hydrogen-bond donors (Lipinski definition) is 0. The molecule has 7 nitrogen and oxygen atoms in total. The summed E-state index contributed by atoms with van der Waals surface area (Å²) in [5.74, 6) is -0.0477. The third-order valence-electron chi connectivity index (χ3n) is 5.00. The first-order valence-electron chi connectivity index (χ1n) is 9.33. The average Bonchev–Trinajstić information content (AvgIpc) is 3.07. The van der Waals surface area contributed by atoms with Crippen LogP contribution in [0.4, 0.5) is 5.69 Å². The molecular formula is C22H25NO6. The van der Waals surface area contributed by atoms with E-state index in [0.717, 1.165) is 17.7 Å². The molecule has 0 N–H and O–H groups in total. The van der Waals surface area contributed by atoms with Crippen LogP contribution in [0.25, 0.3) is 0 Å². The Kier molecular flexibility index (Phi) is 5.96. The molecule has 0 radical (unpaired) electrons. The van der Waals surface area contributed by atoms with Crippen LogP contribution in [0.1, 0.15) is 29.8 Å². The van der Waals surface area contributed by atoms with Gasteiger partial charge in [-0.25, -0.2) is 4.79 Å². The number of carbonyl (C=O) groups is 2. The number of para-hydroxylation sites is 1. The lowest BCUT2D eigenvalue weighted by atomic mass is 10.1. The number of anilines is 1. The Morgan fingerprint density at radius 3 is 2.34 bits per heavy atom. The highest BCUT2D eigenvalue weighted by atomic mass is 16.6. The first-order valence-corrected chi connectivity index (χ1v) is 9.33. The van der Waals surface area contributed by atoms with Crippen LogP contribution in [0, 0.1) is 0 Å². The van der Waals surface area contributed by atoms with Gasteiger partial charge in [-0.2, -0.15) is 0 Å². The Bertz CT molecular complexity index is 926. The second-order valence-corrected chi connectivity index (χ2v) is 6.82. The van der Waals surface area contributed by atoms with Gasteiger partial charge in [0, 0.05) is 11.7 Å². The number of fused-ring (bicyclic) bond motifs is 1. The summed E-state index contributed by atoms with van der Waals surface area (Å²) in [6.45, 7) is 3.55. The quantitative estimate of drug-likeness (QED) is 0.695. The van der Waals surface area contributed by atoms with Crippen molar-refractivity contribution in [3.63, 3.8) is 0 Å². The molecule has 2 atom stereocenters. The second-order valence-electron chi connectivity index (χ2n) is 6.82. The lowest BCUT2D eigenvalue weighted by Crippen LogP contribution is -2.43. The predicted octanol–water partition coefficient (Wildman–Crippen LogP) is 3.24. The number of ether oxygens (including phenoxy) is 4. The standard InChI is InChI=1S/C22H25NO6/c1-13-12-15-8-6-7-9-17(15)23(13)21(24)14(2)29-22(25)16-10-11-18(26-3)20(28-5)19(16)27-4/h6-11,13-14H,12H2,1-5H3/t13-,14+/m1/s1. The molecule has 2 aromatic rings. The zero-order valence-electron chi connectivity index (χ0n) is 17.2.